The molecule has 0 radical (unpaired) electrons. The molecule has 0 spiro atoms. The van der Waals surface area contributed by atoms with E-state index in [4.69, 9.17) is 16.3 Å². The van der Waals surface area contributed by atoms with Gasteiger partial charge in [-0.2, -0.15) is 4.99 Å². The zero-order valence-electron chi connectivity index (χ0n) is 12.8. The molecule has 0 aliphatic rings. The van der Waals surface area contributed by atoms with Crippen molar-refractivity contribution in [3.05, 3.63) is 62.3 Å². The molecule has 0 aliphatic heterocycles. The molecule has 0 saturated carbocycles. The van der Waals surface area contributed by atoms with Crippen molar-refractivity contribution in [3.63, 3.8) is 0 Å². The Balaban J connectivity index is 2.09. The first-order chi connectivity index (χ1) is 11.6. The topological polar surface area (TPSA) is 43.6 Å². The maximum Gasteiger partial charge on any atom is 0.279 e. The summed E-state index contributed by atoms with van der Waals surface area (Å²) in [6.45, 7) is 1.15. The number of thiazole rings is 1. The fourth-order valence-electron chi connectivity index (χ4n) is 2.27. The Kier molecular flexibility index (Phi) is 5.50. The van der Waals surface area contributed by atoms with E-state index in [1.807, 2.05) is 34.9 Å². The highest BCUT2D eigenvalue weighted by atomic mass is 79.9. The second kappa shape index (κ2) is 7.61. The molecule has 2 aromatic carbocycles. The van der Waals surface area contributed by atoms with Crippen molar-refractivity contribution in [2.45, 2.75) is 6.54 Å². The zero-order valence-corrected chi connectivity index (χ0v) is 16.0. The summed E-state index contributed by atoms with van der Waals surface area (Å²) in [5, 5.41) is 0.661. The summed E-state index contributed by atoms with van der Waals surface area (Å²) in [6.07, 6.45) is 0. The lowest BCUT2D eigenvalue weighted by Gasteiger charge is -2.04. The molecule has 24 heavy (non-hydrogen) atoms. The highest BCUT2D eigenvalue weighted by Gasteiger charge is 2.09. The Bertz CT molecular complexity index is 947. The molecule has 1 heterocycles. The summed E-state index contributed by atoms with van der Waals surface area (Å²) in [5.41, 5.74) is 1.54. The van der Waals surface area contributed by atoms with Gasteiger partial charge < -0.3 is 9.30 Å². The number of hydrogen-bond donors (Lipinski definition) is 0. The Labute approximate surface area is 156 Å². The number of aromatic nitrogens is 1. The SMILES string of the molecule is COCCn1c(=NC(=O)c2ccc(Br)cc2)sc2cc(Cl)ccc21. The normalized spacial score (nSPS) is 12.0. The van der Waals surface area contributed by atoms with Crippen LogP contribution < -0.4 is 4.80 Å². The number of fused-ring (bicyclic) bond motifs is 1. The number of carbonyl (C=O) groups excluding carboxylic acids is 1. The second-order valence-corrected chi connectivity index (χ2v) is 7.43. The maximum absolute atomic E-state index is 12.4. The van der Waals surface area contributed by atoms with Gasteiger partial charge in [0.15, 0.2) is 4.80 Å². The van der Waals surface area contributed by atoms with E-state index in [0.29, 0.717) is 28.5 Å². The van der Waals surface area contributed by atoms with Crippen LogP contribution in [0.2, 0.25) is 5.02 Å². The van der Waals surface area contributed by atoms with Gasteiger partial charge in [0.25, 0.3) is 5.91 Å². The van der Waals surface area contributed by atoms with Gasteiger partial charge in [-0.1, -0.05) is 38.9 Å². The van der Waals surface area contributed by atoms with Crippen molar-refractivity contribution in [1.82, 2.24) is 4.57 Å². The van der Waals surface area contributed by atoms with Crippen LogP contribution in [0.5, 0.6) is 0 Å². The zero-order chi connectivity index (χ0) is 17.1. The second-order valence-electron chi connectivity index (χ2n) is 5.06. The number of hydrogen-bond acceptors (Lipinski definition) is 3. The monoisotopic (exact) mass is 424 g/mol. The summed E-state index contributed by atoms with van der Waals surface area (Å²) < 4.78 is 9.06. The number of nitrogens with zero attached hydrogens (tertiary/aromatic N) is 2. The van der Waals surface area contributed by atoms with E-state index in [0.717, 1.165) is 14.7 Å². The third-order valence-corrected chi connectivity index (χ3v) is 5.26. The summed E-state index contributed by atoms with van der Waals surface area (Å²) in [6, 6.07) is 12.8. The van der Waals surface area contributed by atoms with E-state index < -0.39 is 0 Å². The molecule has 1 amide bonds. The number of rotatable bonds is 4. The van der Waals surface area contributed by atoms with Crippen LogP contribution in [0.25, 0.3) is 10.2 Å². The number of carbonyl (C=O) groups is 1. The van der Waals surface area contributed by atoms with Gasteiger partial charge in [0.1, 0.15) is 0 Å². The van der Waals surface area contributed by atoms with Crippen LogP contribution in [0.15, 0.2) is 51.9 Å². The van der Waals surface area contributed by atoms with Crippen LogP contribution in [0.1, 0.15) is 10.4 Å². The van der Waals surface area contributed by atoms with E-state index >= 15 is 0 Å². The van der Waals surface area contributed by atoms with Gasteiger partial charge in [-0.25, -0.2) is 0 Å². The largest absolute Gasteiger partial charge is 0.383 e. The fraction of sp³-hybridized carbons (Fsp3) is 0.176. The Morgan fingerprint density at radius 2 is 2.04 bits per heavy atom. The maximum atomic E-state index is 12.4. The quantitative estimate of drug-likeness (QED) is 0.617. The molecule has 0 saturated heterocycles. The average molecular weight is 426 g/mol. The smallest absolute Gasteiger partial charge is 0.279 e. The molecule has 0 bridgehead atoms. The lowest BCUT2D eigenvalue weighted by atomic mass is 10.2. The molecular formula is C17H14BrClN2O2S. The minimum absolute atomic E-state index is 0.272. The van der Waals surface area contributed by atoms with E-state index in [1.54, 1.807) is 19.2 Å². The number of ether oxygens (including phenoxy) is 1. The van der Waals surface area contributed by atoms with Gasteiger partial charge in [-0.3, -0.25) is 4.79 Å². The first-order valence-electron chi connectivity index (χ1n) is 7.21. The lowest BCUT2D eigenvalue weighted by Crippen LogP contribution is -2.19. The van der Waals surface area contributed by atoms with Crippen LogP contribution in [-0.2, 0) is 11.3 Å². The molecule has 1 aromatic heterocycles. The van der Waals surface area contributed by atoms with Gasteiger partial charge >= 0.3 is 0 Å². The molecule has 7 heteroatoms. The first-order valence-corrected chi connectivity index (χ1v) is 9.19. The lowest BCUT2D eigenvalue weighted by molar-refractivity contribution is 0.0997. The molecule has 0 unspecified atom stereocenters. The molecule has 3 rings (SSSR count). The standard InChI is InChI=1S/C17H14BrClN2O2S/c1-23-9-8-21-14-7-6-13(19)10-15(14)24-17(21)20-16(22)11-2-4-12(18)5-3-11/h2-7,10H,8-9H2,1H3. The van der Waals surface area contributed by atoms with Crippen molar-refractivity contribution >= 4 is 55.0 Å². The van der Waals surface area contributed by atoms with Crippen LogP contribution in [0.3, 0.4) is 0 Å². The number of amides is 1. The fourth-order valence-corrected chi connectivity index (χ4v) is 3.87. The summed E-state index contributed by atoms with van der Waals surface area (Å²) in [4.78, 5) is 17.4. The molecule has 0 fully saturated rings. The van der Waals surface area contributed by atoms with Crippen molar-refractivity contribution in [2.24, 2.45) is 4.99 Å². The number of halogens is 2. The van der Waals surface area contributed by atoms with Crippen LogP contribution in [0, 0.1) is 0 Å². The molecular weight excluding hydrogens is 412 g/mol. The van der Waals surface area contributed by atoms with Gasteiger partial charge in [0, 0.05) is 28.7 Å². The van der Waals surface area contributed by atoms with Crippen molar-refractivity contribution in [1.29, 1.82) is 0 Å². The first kappa shape index (κ1) is 17.4. The highest BCUT2D eigenvalue weighted by Crippen LogP contribution is 2.22. The Hall–Kier alpha value is -1.47. The van der Waals surface area contributed by atoms with Gasteiger partial charge in [-0.05, 0) is 42.5 Å². The van der Waals surface area contributed by atoms with Crippen molar-refractivity contribution < 1.29 is 9.53 Å². The summed E-state index contributed by atoms with van der Waals surface area (Å²) in [5.74, 6) is -0.272. The third-order valence-electron chi connectivity index (χ3n) is 3.45. The molecule has 124 valence electrons. The van der Waals surface area contributed by atoms with Crippen LogP contribution in [0.4, 0.5) is 0 Å². The summed E-state index contributed by atoms with van der Waals surface area (Å²) in [7, 11) is 1.65. The Morgan fingerprint density at radius 3 is 2.75 bits per heavy atom. The molecule has 0 atom stereocenters. The summed E-state index contributed by atoms with van der Waals surface area (Å²) >= 11 is 10.9. The third kappa shape index (κ3) is 3.78. The highest BCUT2D eigenvalue weighted by molar-refractivity contribution is 9.10. The molecule has 4 nitrogen and oxygen atoms in total. The van der Waals surface area contributed by atoms with E-state index in [9.17, 15) is 4.79 Å². The predicted molar refractivity (Wildman–Crippen MR) is 101 cm³/mol. The van der Waals surface area contributed by atoms with E-state index in [-0.39, 0.29) is 5.91 Å². The Morgan fingerprint density at radius 1 is 1.29 bits per heavy atom. The minimum Gasteiger partial charge on any atom is -0.383 e. The molecule has 0 aliphatic carbocycles. The van der Waals surface area contributed by atoms with E-state index in [1.165, 1.54) is 11.3 Å². The van der Waals surface area contributed by atoms with Gasteiger partial charge in [-0.15, -0.1) is 0 Å². The average Bonchev–Trinajstić information content (AvgIpc) is 2.89. The van der Waals surface area contributed by atoms with Crippen molar-refractivity contribution in [3.8, 4) is 0 Å². The number of methoxy groups -OCH3 is 1. The number of benzene rings is 2. The van der Waals surface area contributed by atoms with E-state index in [2.05, 4.69) is 20.9 Å². The van der Waals surface area contributed by atoms with Gasteiger partial charge in [0.2, 0.25) is 0 Å². The molecule has 0 N–H and O–H groups in total. The molecule has 3 aromatic rings. The van der Waals surface area contributed by atoms with Gasteiger partial charge in [0.05, 0.1) is 16.8 Å². The van der Waals surface area contributed by atoms with Crippen molar-refractivity contribution in [2.75, 3.05) is 13.7 Å². The van der Waals surface area contributed by atoms with Crippen LogP contribution in [-0.4, -0.2) is 24.2 Å². The minimum atomic E-state index is -0.272. The predicted octanol–water partition coefficient (Wildman–Crippen LogP) is 4.51. The van der Waals surface area contributed by atoms with Crippen LogP contribution >= 0.6 is 38.9 Å².